The number of aryl methyl sites for hydroxylation is 1. The number of benzene rings is 3. The lowest BCUT2D eigenvalue weighted by molar-refractivity contribution is 0.408. The third kappa shape index (κ3) is 3.16. The predicted molar refractivity (Wildman–Crippen MR) is 92.9 cm³/mol. The molecule has 0 amide bonds. The lowest BCUT2D eigenvalue weighted by Crippen LogP contribution is -1.90. The van der Waals surface area contributed by atoms with Crippen LogP contribution in [0, 0.1) is 11.6 Å². The second-order valence-electron chi connectivity index (χ2n) is 5.78. The number of hydrogen-bond donors (Lipinski definition) is 1. The molecule has 0 atom stereocenters. The van der Waals surface area contributed by atoms with E-state index >= 15 is 0 Å². The largest absolute Gasteiger partial charge is 0.505 e. The lowest BCUT2D eigenvalue weighted by atomic mass is 9.98. The van der Waals surface area contributed by atoms with Gasteiger partial charge in [0, 0.05) is 5.56 Å². The zero-order chi connectivity index (χ0) is 17.1. The van der Waals surface area contributed by atoms with Gasteiger partial charge in [0.1, 0.15) is 0 Å². The van der Waals surface area contributed by atoms with Gasteiger partial charge in [0.05, 0.1) is 0 Å². The summed E-state index contributed by atoms with van der Waals surface area (Å²) in [6, 6.07) is 18.2. The number of phenolic OH excluding ortho intramolecular Hbond substituents is 1. The summed E-state index contributed by atoms with van der Waals surface area (Å²) in [7, 11) is 0. The van der Waals surface area contributed by atoms with Crippen LogP contribution >= 0.6 is 0 Å². The lowest BCUT2D eigenvalue weighted by Gasteiger charge is -2.08. The van der Waals surface area contributed by atoms with Gasteiger partial charge in [0.15, 0.2) is 11.6 Å². The van der Waals surface area contributed by atoms with Gasteiger partial charge < -0.3 is 5.11 Å². The summed E-state index contributed by atoms with van der Waals surface area (Å²) in [5.74, 6) is -2.94. The first-order valence-electron chi connectivity index (χ1n) is 7.97. The summed E-state index contributed by atoms with van der Waals surface area (Å²) in [5.41, 5.74) is 4.10. The van der Waals surface area contributed by atoms with Crippen LogP contribution in [-0.4, -0.2) is 5.11 Å². The Balaban J connectivity index is 1.89. The predicted octanol–water partition coefficient (Wildman–Crippen LogP) is 5.96. The average molecular weight is 324 g/mol. The summed E-state index contributed by atoms with van der Waals surface area (Å²) in [6.07, 6.45) is 2.17. The van der Waals surface area contributed by atoms with Gasteiger partial charge in [-0.05, 0) is 40.8 Å². The van der Waals surface area contributed by atoms with Crippen LogP contribution in [-0.2, 0) is 6.42 Å². The van der Waals surface area contributed by atoms with Gasteiger partial charge in [-0.15, -0.1) is 0 Å². The third-order valence-electron chi connectivity index (χ3n) is 4.08. The molecule has 0 aliphatic rings. The number of hydrogen-bond acceptors (Lipinski definition) is 1. The van der Waals surface area contributed by atoms with E-state index in [9.17, 15) is 13.9 Å². The normalized spacial score (nSPS) is 10.8. The van der Waals surface area contributed by atoms with Crippen molar-refractivity contribution in [2.24, 2.45) is 0 Å². The van der Waals surface area contributed by atoms with Crippen LogP contribution in [0.1, 0.15) is 18.9 Å². The summed E-state index contributed by atoms with van der Waals surface area (Å²) in [4.78, 5) is 0. The van der Waals surface area contributed by atoms with Crippen molar-refractivity contribution < 1.29 is 13.9 Å². The number of halogens is 2. The fourth-order valence-corrected chi connectivity index (χ4v) is 2.76. The highest BCUT2D eigenvalue weighted by molar-refractivity contribution is 5.71. The van der Waals surface area contributed by atoms with E-state index in [2.05, 4.69) is 31.2 Å². The highest BCUT2D eigenvalue weighted by Crippen LogP contribution is 2.30. The van der Waals surface area contributed by atoms with Crippen molar-refractivity contribution in [2.45, 2.75) is 19.8 Å². The summed E-state index contributed by atoms with van der Waals surface area (Å²) >= 11 is 0. The standard InChI is InChI=1S/C21H18F2O/c1-2-3-14-4-6-15(7-5-14)16-8-10-17(11-9-16)18-12-13-19(24)21(23)20(18)22/h4-13,24H,2-3H2,1H3. The Bertz CT molecular complexity index is 837. The van der Waals surface area contributed by atoms with Crippen molar-refractivity contribution >= 4 is 0 Å². The van der Waals surface area contributed by atoms with E-state index in [0.717, 1.165) is 30.0 Å². The maximum atomic E-state index is 14.0. The first kappa shape index (κ1) is 16.2. The van der Waals surface area contributed by atoms with Crippen molar-refractivity contribution in [1.29, 1.82) is 0 Å². The molecule has 0 fully saturated rings. The van der Waals surface area contributed by atoms with E-state index in [1.54, 1.807) is 12.1 Å². The molecule has 3 rings (SSSR count). The number of aromatic hydroxyl groups is 1. The van der Waals surface area contributed by atoms with E-state index in [1.807, 2.05) is 12.1 Å². The second kappa shape index (κ2) is 6.83. The van der Waals surface area contributed by atoms with Crippen LogP contribution in [0.25, 0.3) is 22.3 Å². The van der Waals surface area contributed by atoms with Gasteiger partial charge in [0.2, 0.25) is 5.82 Å². The fourth-order valence-electron chi connectivity index (χ4n) is 2.76. The van der Waals surface area contributed by atoms with Gasteiger partial charge >= 0.3 is 0 Å². The molecule has 0 saturated heterocycles. The van der Waals surface area contributed by atoms with Crippen molar-refractivity contribution in [3.8, 4) is 28.0 Å². The highest BCUT2D eigenvalue weighted by atomic mass is 19.2. The second-order valence-corrected chi connectivity index (χ2v) is 5.78. The Hall–Kier alpha value is -2.68. The molecule has 3 aromatic carbocycles. The van der Waals surface area contributed by atoms with Crippen LogP contribution in [0.4, 0.5) is 8.78 Å². The molecule has 1 nitrogen and oxygen atoms in total. The zero-order valence-electron chi connectivity index (χ0n) is 13.4. The minimum atomic E-state index is -1.22. The van der Waals surface area contributed by atoms with Crippen LogP contribution < -0.4 is 0 Å². The van der Waals surface area contributed by atoms with Gasteiger partial charge in [-0.25, -0.2) is 4.39 Å². The van der Waals surface area contributed by atoms with Crippen LogP contribution in [0.5, 0.6) is 5.75 Å². The molecule has 0 heterocycles. The SMILES string of the molecule is CCCc1ccc(-c2ccc(-c3ccc(O)c(F)c3F)cc2)cc1. The summed E-state index contributed by atoms with van der Waals surface area (Å²) in [5, 5.41) is 9.21. The Morgan fingerprint density at radius 1 is 0.708 bits per heavy atom. The van der Waals surface area contributed by atoms with Gasteiger partial charge in [0.25, 0.3) is 0 Å². The Labute approximate surface area is 140 Å². The average Bonchev–Trinajstić information content (AvgIpc) is 2.61. The van der Waals surface area contributed by atoms with Crippen molar-refractivity contribution in [1.82, 2.24) is 0 Å². The topological polar surface area (TPSA) is 20.2 Å². The molecule has 0 unspecified atom stereocenters. The molecule has 0 aromatic heterocycles. The van der Waals surface area contributed by atoms with E-state index in [4.69, 9.17) is 0 Å². The minimum absolute atomic E-state index is 0.134. The van der Waals surface area contributed by atoms with E-state index in [0.29, 0.717) is 5.56 Å². The monoisotopic (exact) mass is 324 g/mol. The minimum Gasteiger partial charge on any atom is -0.505 e. The maximum absolute atomic E-state index is 14.0. The maximum Gasteiger partial charge on any atom is 0.200 e. The molecule has 0 bridgehead atoms. The molecule has 3 heteroatoms. The van der Waals surface area contributed by atoms with Crippen molar-refractivity contribution in [3.05, 3.63) is 77.9 Å². The first-order chi connectivity index (χ1) is 11.6. The van der Waals surface area contributed by atoms with E-state index < -0.39 is 17.4 Å². The molecule has 0 aliphatic carbocycles. The molecule has 0 radical (unpaired) electrons. The van der Waals surface area contributed by atoms with Crippen molar-refractivity contribution in [3.63, 3.8) is 0 Å². The molecule has 24 heavy (non-hydrogen) atoms. The summed E-state index contributed by atoms with van der Waals surface area (Å²) in [6.45, 7) is 2.15. The summed E-state index contributed by atoms with van der Waals surface area (Å²) < 4.78 is 27.5. The smallest absolute Gasteiger partial charge is 0.200 e. The molecule has 3 aromatic rings. The molecular weight excluding hydrogens is 306 g/mol. The van der Waals surface area contributed by atoms with Gasteiger partial charge in [-0.1, -0.05) is 61.9 Å². The fraction of sp³-hybridized carbons (Fsp3) is 0.143. The van der Waals surface area contributed by atoms with Gasteiger partial charge in [-0.2, -0.15) is 4.39 Å². The number of phenols is 1. The van der Waals surface area contributed by atoms with Crippen LogP contribution in [0.15, 0.2) is 60.7 Å². The molecule has 1 N–H and O–H groups in total. The molecular formula is C21H18F2O. The van der Waals surface area contributed by atoms with E-state index in [-0.39, 0.29) is 5.56 Å². The Morgan fingerprint density at radius 2 is 1.25 bits per heavy atom. The number of rotatable bonds is 4. The quantitative estimate of drug-likeness (QED) is 0.628. The highest BCUT2D eigenvalue weighted by Gasteiger charge is 2.14. The molecule has 0 aliphatic heterocycles. The molecule has 0 spiro atoms. The Morgan fingerprint density at radius 3 is 1.83 bits per heavy atom. The first-order valence-corrected chi connectivity index (χ1v) is 7.97. The van der Waals surface area contributed by atoms with Crippen LogP contribution in [0.3, 0.4) is 0 Å². The zero-order valence-corrected chi connectivity index (χ0v) is 13.4. The Kier molecular flexibility index (Phi) is 4.61. The third-order valence-corrected chi connectivity index (χ3v) is 4.08. The van der Waals surface area contributed by atoms with Gasteiger partial charge in [-0.3, -0.25) is 0 Å². The van der Waals surface area contributed by atoms with Crippen molar-refractivity contribution in [2.75, 3.05) is 0 Å². The van der Waals surface area contributed by atoms with E-state index in [1.165, 1.54) is 11.6 Å². The molecule has 0 saturated carbocycles. The molecule has 122 valence electrons. The van der Waals surface area contributed by atoms with Crippen LogP contribution in [0.2, 0.25) is 0 Å².